The quantitative estimate of drug-likeness (QED) is 0.619. The summed E-state index contributed by atoms with van der Waals surface area (Å²) in [5, 5.41) is 19.1. The minimum absolute atomic E-state index is 0.0971. The highest BCUT2D eigenvalue weighted by atomic mass is 16.8. The maximum Gasteiger partial charge on any atom is 0.308 e. The smallest absolute Gasteiger partial charge is 0.308 e. The van der Waals surface area contributed by atoms with Gasteiger partial charge in [-0.1, -0.05) is 13.8 Å². The van der Waals surface area contributed by atoms with Crippen LogP contribution in [0.1, 0.15) is 59.3 Å². The molecule has 0 aromatic carbocycles. The molecule has 2 rings (SSSR count). The summed E-state index contributed by atoms with van der Waals surface area (Å²) in [6, 6.07) is 0. The molecule has 1 saturated carbocycles. The van der Waals surface area contributed by atoms with Crippen LogP contribution in [-0.2, 0) is 14.3 Å². The molecule has 5 heteroatoms. The third-order valence-electron chi connectivity index (χ3n) is 4.83. The Bertz CT molecular complexity index is 367. The zero-order chi connectivity index (χ0) is 15.0. The van der Waals surface area contributed by atoms with E-state index in [0.29, 0.717) is 18.8 Å². The van der Waals surface area contributed by atoms with Gasteiger partial charge >= 0.3 is 5.97 Å². The molecule has 5 atom stereocenters. The van der Waals surface area contributed by atoms with Crippen LogP contribution in [0.25, 0.3) is 0 Å². The molecule has 0 bridgehead atoms. The lowest BCUT2D eigenvalue weighted by molar-refractivity contribution is -0.320. The van der Waals surface area contributed by atoms with Crippen molar-refractivity contribution in [2.45, 2.75) is 77.0 Å². The highest BCUT2D eigenvalue weighted by molar-refractivity contribution is 5.69. The number of fused-ring (bicyclic) bond motifs is 1. The molecule has 3 N–H and O–H groups in total. The van der Waals surface area contributed by atoms with Crippen molar-refractivity contribution in [3.05, 3.63) is 0 Å². The van der Waals surface area contributed by atoms with Crippen LogP contribution < -0.4 is 0 Å². The Morgan fingerprint density at radius 3 is 2.80 bits per heavy atom. The monoisotopic (exact) mass is 287 g/mol. The lowest BCUT2D eigenvalue weighted by atomic mass is 9.67. The van der Waals surface area contributed by atoms with Crippen LogP contribution in [-0.4, -0.2) is 33.9 Å². The zero-order valence-corrected chi connectivity index (χ0v) is 12.6. The number of carbonyl (C=O) groups excluding carboxylic acids is 1. The van der Waals surface area contributed by atoms with Crippen LogP contribution in [0.5, 0.6) is 0 Å². The summed E-state index contributed by atoms with van der Waals surface area (Å²) in [5.74, 6) is -1.22. The number of rotatable bonds is 2. The standard InChI is InChI=1S/C15H26O5/c1-4-12(16)19-13-15(18)8-5-6-10(2)11(15)7-9-14(3,17)20-13/h10-11,13,17-18H,4-9H2,1-3H3/p+1/t10-,11?,13+,14-,15+/m0/s1. The Labute approximate surface area is 120 Å². The Hall–Kier alpha value is -0.650. The number of hydrogen-bond donors (Lipinski definition) is 1. The summed E-state index contributed by atoms with van der Waals surface area (Å²) in [6.07, 6.45) is 3.16. The predicted molar refractivity (Wildman–Crippen MR) is 74.0 cm³/mol. The molecule has 1 heterocycles. The van der Waals surface area contributed by atoms with Gasteiger partial charge in [-0.25, -0.2) is 0 Å². The first kappa shape index (κ1) is 15.7. The van der Waals surface area contributed by atoms with E-state index in [1.807, 2.05) is 0 Å². The van der Waals surface area contributed by atoms with E-state index in [4.69, 9.17) is 14.6 Å². The molecule has 0 aromatic rings. The van der Waals surface area contributed by atoms with Crippen LogP contribution in [0.2, 0.25) is 0 Å². The van der Waals surface area contributed by atoms with Crippen molar-refractivity contribution in [1.82, 2.24) is 0 Å². The van der Waals surface area contributed by atoms with Crippen LogP contribution in [0, 0.1) is 11.8 Å². The molecule has 0 spiro atoms. The molecule has 1 aliphatic heterocycles. The number of aliphatic hydroxyl groups is 1. The predicted octanol–water partition coefficient (Wildman–Crippen LogP) is 1.68. The Kier molecular flexibility index (Phi) is 4.42. The van der Waals surface area contributed by atoms with Gasteiger partial charge in [0.05, 0.1) is 0 Å². The Balaban J connectivity index is 2.29. The summed E-state index contributed by atoms with van der Waals surface area (Å²) in [5.41, 5.74) is -0.941. The van der Waals surface area contributed by atoms with Gasteiger partial charge in [0, 0.05) is 25.2 Å². The Morgan fingerprint density at radius 2 is 2.15 bits per heavy atom. The lowest BCUT2D eigenvalue weighted by Gasteiger charge is -2.41. The van der Waals surface area contributed by atoms with E-state index < -0.39 is 17.7 Å². The summed E-state index contributed by atoms with van der Waals surface area (Å²) in [4.78, 5) is 11.6. The Morgan fingerprint density at radius 1 is 1.45 bits per heavy atom. The largest absolute Gasteiger partial charge is 0.436 e. The average molecular weight is 287 g/mol. The number of esters is 1. The molecule has 1 unspecified atom stereocenters. The zero-order valence-electron chi connectivity index (χ0n) is 12.6. The van der Waals surface area contributed by atoms with E-state index in [1.165, 1.54) is 0 Å². The van der Waals surface area contributed by atoms with E-state index in [1.54, 1.807) is 13.8 Å². The molecule has 0 amide bonds. The molecule has 5 nitrogen and oxygen atoms in total. The van der Waals surface area contributed by atoms with Crippen molar-refractivity contribution in [2.24, 2.45) is 11.8 Å². The molecular weight excluding hydrogens is 260 g/mol. The molecule has 1 saturated heterocycles. The molecule has 2 fully saturated rings. The third kappa shape index (κ3) is 3.00. The SMILES string of the molecule is CCC(=O)O[C@@H]1O[C@](C)(O)CCC2[C@@H](C)CCC[C@@]21[OH2+]. The molecule has 1 aliphatic carbocycles. The van der Waals surface area contributed by atoms with Crippen molar-refractivity contribution in [2.75, 3.05) is 0 Å². The molecular formula is C15H27O5+. The molecule has 2 aliphatic rings. The van der Waals surface area contributed by atoms with E-state index in [-0.39, 0.29) is 18.3 Å². The van der Waals surface area contributed by atoms with E-state index in [2.05, 4.69) is 6.92 Å². The second kappa shape index (κ2) is 5.62. The fraction of sp³-hybridized carbons (Fsp3) is 0.933. The minimum Gasteiger partial charge on any atom is -0.436 e. The maximum atomic E-state index is 11.6. The second-order valence-electron chi connectivity index (χ2n) is 6.52. The van der Waals surface area contributed by atoms with Gasteiger partial charge in [0.1, 0.15) is 0 Å². The summed E-state index contributed by atoms with van der Waals surface area (Å²) >= 11 is 0. The van der Waals surface area contributed by atoms with Crippen LogP contribution in [0.4, 0.5) is 0 Å². The van der Waals surface area contributed by atoms with Gasteiger partial charge in [0.15, 0.2) is 5.79 Å². The number of ether oxygens (including phenoxy) is 2. The van der Waals surface area contributed by atoms with Crippen LogP contribution >= 0.6 is 0 Å². The summed E-state index contributed by atoms with van der Waals surface area (Å²) in [6.45, 7) is 5.45. The topological polar surface area (TPSA) is 78.7 Å². The lowest BCUT2D eigenvalue weighted by Crippen LogP contribution is -2.55. The first-order valence-corrected chi connectivity index (χ1v) is 7.63. The minimum atomic E-state index is -1.33. The van der Waals surface area contributed by atoms with Crippen molar-refractivity contribution < 1.29 is 24.5 Å². The fourth-order valence-corrected chi connectivity index (χ4v) is 3.60. The first-order chi connectivity index (χ1) is 9.28. The fourth-order valence-electron chi connectivity index (χ4n) is 3.60. The second-order valence-corrected chi connectivity index (χ2v) is 6.52. The van der Waals surface area contributed by atoms with Crippen molar-refractivity contribution in [3.8, 4) is 0 Å². The molecule has 0 aromatic heterocycles. The van der Waals surface area contributed by atoms with Crippen molar-refractivity contribution in [1.29, 1.82) is 0 Å². The van der Waals surface area contributed by atoms with Gasteiger partial charge in [-0.3, -0.25) is 4.79 Å². The highest BCUT2D eigenvalue weighted by Gasteiger charge is 2.58. The van der Waals surface area contributed by atoms with Crippen LogP contribution in [0.15, 0.2) is 0 Å². The highest BCUT2D eigenvalue weighted by Crippen LogP contribution is 2.47. The first-order valence-electron chi connectivity index (χ1n) is 7.63. The van der Waals surface area contributed by atoms with Crippen molar-refractivity contribution in [3.63, 3.8) is 0 Å². The van der Waals surface area contributed by atoms with Crippen molar-refractivity contribution >= 4 is 5.97 Å². The van der Waals surface area contributed by atoms with Crippen LogP contribution in [0.3, 0.4) is 0 Å². The molecule has 116 valence electrons. The molecule has 20 heavy (non-hydrogen) atoms. The van der Waals surface area contributed by atoms with Gasteiger partial charge in [0.2, 0.25) is 5.60 Å². The number of hydrogen-bond acceptors (Lipinski definition) is 4. The van der Waals surface area contributed by atoms with Gasteiger partial charge in [-0.15, -0.1) is 0 Å². The normalized spacial score (nSPS) is 45.4. The van der Waals surface area contributed by atoms with E-state index in [0.717, 1.165) is 19.3 Å². The van der Waals surface area contributed by atoms with Gasteiger partial charge in [-0.05, 0) is 32.1 Å². The third-order valence-corrected chi connectivity index (χ3v) is 4.83. The summed E-state index contributed by atoms with van der Waals surface area (Å²) in [7, 11) is 0. The average Bonchev–Trinajstić information content (AvgIpc) is 2.45. The summed E-state index contributed by atoms with van der Waals surface area (Å²) < 4.78 is 11.0. The number of carbonyl (C=O) groups is 1. The van der Waals surface area contributed by atoms with Gasteiger partial charge in [-0.2, -0.15) is 0 Å². The van der Waals surface area contributed by atoms with Gasteiger partial charge < -0.3 is 19.7 Å². The van der Waals surface area contributed by atoms with E-state index in [9.17, 15) is 9.90 Å². The van der Waals surface area contributed by atoms with Gasteiger partial charge in [0.25, 0.3) is 6.29 Å². The van der Waals surface area contributed by atoms with E-state index >= 15 is 0 Å². The molecule has 0 radical (unpaired) electrons. The maximum absolute atomic E-state index is 11.6.